The number of rotatable bonds is 7. The molecule has 2 rings (SSSR count). The van der Waals surface area contributed by atoms with Gasteiger partial charge in [0.2, 0.25) is 0 Å². The smallest absolute Gasteiger partial charge is 0.0701 e. The minimum atomic E-state index is 0.464. The first-order valence-electron chi connectivity index (χ1n) is 6.89. The molecule has 0 aliphatic carbocycles. The largest absolute Gasteiger partial charge is 0.316 e. The number of hydrogen-bond acceptors (Lipinski definition) is 2. The van der Waals surface area contributed by atoms with Crippen molar-refractivity contribution in [2.75, 3.05) is 13.1 Å². The van der Waals surface area contributed by atoms with Crippen LogP contribution >= 0.6 is 38.9 Å². The second-order valence-corrected chi connectivity index (χ2v) is 7.85. The maximum atomic E-state index is 6.13. The molecule has 1 nitrogen and oxygen atoms in total. The first-order chi connectivity index (χ1) is 9.69. The van der Waals surface area contributed by atoms with E-state index < -0.39 is 0 Å². The Morgan fingerprint density at radius 2 is 2.15 bits per heavy atom. The molecule has 0 radical (unpaired) electrons. The van der Waals surface area contributed by atoms with Gasteiger partial charge in [-0.1, -0.05) is 30.7 Å². The van der Waals surface area contributed by atoms with Crippen molar-refractivity contribution in [2.45, 2.75) is 25.7 Å². The highest BCUT2D eigenvalue weighted by Crippen LogP contribution is 2.28. The molecule has 0 aliphatic rings. The number of thiophene rings is 1. The molecule has 0 amide bonds. The van der Waals surface area contributed by atoms with Gasteiger partial charge in [-0.25, -0.2) is 0 Å². The van der Waals surface area contributed by atoms with Crippen LogP contribution in [0.25, 0.3) is 0 Å². The zero-order valence-corrected chi connectivity index (χ0v) is 14.7. The highest BCUT2D eigenvalue weighted by molar-refractivity contribution is 9.11. The maximum Gasteiger partial charge on any atom is 0.0701 e. The third-order valence-corrected chi connectivity index (χ3v) is 5.10. The molecule has 1 unspecified atom stereocenters. The first-order valence-corrected chi connectivity index (χ1v) is 8.88. The summed E-state index contributed by atoms with van der Waals surface area (Å²) >= 11 is 11.5. The summed E-state index contributed by atoms with van der Waals surface area (Å²) in [6.07, 6.45) is 2.21. The highest BCUT2D eigenvalue weighted by atomic mass is 79.9. The quantitative estimate of drug-likeness (QED) is 0.634. The average Bonchev–Trinajstić information content (AvgIpc) is 2.83. The van der Waals surface area contributed by atoms with Gasteiger partial charge in [-0.15, -0.1) is 11.3 Å². The molecule has 0 fully saturated rings. The van der Waals surface area contributed by atoms with E-state index in [9.17, 15) is 0 Å². The summed E-state index contributed by atoms with van der Waals surface area (Å²) in [7, 11) is 0. The lowest BCUT2D eigenvalue weighted by Gasteiger charge is -2.17. The molecule has 0 spiro atoms. The Balaban J connectivity index is 2.11. The van der Waals surface area contributed by atoms with Crippen molar-refractivity contribution in [3.05, 3.63) is 55.6 Å². The Bertz CT molecular complexity index is 541. The van der Waals surface area contributed by atoms with Crippen molar-refractivity contribution < 1.29 is 0 Å². The standard InChI is InChI=1S/C16H19BrClNS/c1-2-8-19-11-13(10-15-6-7-16(17)20-15)12-4-3-5-14(18)9-12/h3-7,9,13,19H,2,8,10-11H2,1H3. The van der Waals surface area contributed by atoms with Crippen molar-refractivity contribution in [1.82, 2.24) is 5.32 Å². The molecule has 2 aromatic rings. The van der Waals surface area contributed by atoms with Crippen LogP contribution in [0.15, 0.2) is 40.2 Å². The van der Waals surface area contributed by atoms with Gasteiger partial charge in [0, 0.05) is 22.4 Å². The fraction of sp³-hybridized carbons (Fsp3) is 0.375. The van der Waals surface area contributed by atoms with Crippen LogP contribution in [0.2, 0.25) is 5.02 Å². The van der Waals surface area contributed by atoms with E-state index in [1.807, 2.05) is 23.5 Å². The lowest BCUT2D eigenvalue weighted by atomic mass is 9.95. The molecule has 1 heterocycles. The predicted molar refractivity (Wildman–Crippen MR) is 93.1 cm³/mol. The highest BCUT2D eigenvalue weighted by Gasteiger charge is 2.13. The van der Waals surface area contributed by atoms with Crippen LogP contribution in [0.5, 0.6) is 0 Å². The predicted octanol–water partition coefficient (Wildman–Crippen LogP) is 5.49. The molecule has 108 valence electrons. The van der Waals surface area contributed by atoms with Gasteiger partial charge in [-0.05, 0) is 65.1 Å². The van der Waals surface area contributed by atoms with E-state index in [1.165, 1.54) is 14.2 Å². The average molecular weight is 373 g/mol. The van der Waals surface area contributed by atoms with Gasteiger partial charge >= 0.3 is 0 Å². The molecule has 4 heteroatoms. The zero-order chi connectivity index (χ0) is 14.4. The molecule has 1 aromatic carbocycles. The van der Waals surface area contributed by atoms with Crippen molar-refractivity contribution in [2.24, 2.45) is 0 Å². The van der Waals surface area contributed by atoms with Crippen LogP contribution in [-0.2, 0) is 6.42 Å². The van der Waals surface area contributed by atoms with Gasteiger partial charge in [0.25, 0.3) is 0 Å². The van der Waals surface area contributed by atoms with E-state index in [0.29, 0.717) is 5.92 Å². The van der Waals surface area contributed by atoms with Gasteiger partial charge in [0.05, 0.1) is 3.79 Å². The van der Waals surface area contributed by atoms with E-state index in [4.69, 9.17) is 11.6 Å². The Hall–Kier alpha value is -0.350. The molecule has 0 saturated carbocycles. The van der Waals surface area contributed by atoms with E-state index in [2.05, 4.69) is 52.4 Å². The van der Waals surface area contributed by atoms with Gasteiger partial charge in [0.1, 0.15) is 0 Å². The number of hydrogen-bond donors (Lipinski definition) is 1. The molecular formula is C16H19BrClNS. The van der Waals surface area contributed by atoms with Crippen LogP contribution in [0.1, 0.15) is 29.7 Å². The second-order valence-electron chi connectivity index (χ2n) is 4.87. The normalized spacial score (nSPS) is 12.6. The van der Waals surface area contributed by atoms with Gasteiger partial charge in [-0.3, -0.25) is 0 Å². The summed E-state index contributed by atoms with van der Waals surface area (Å²) in [4.78, 5) is 1.40. The molecule has 20 heavy (non-hydrogen) atoms. The summed E-state index contributed by atoms with van der Waals surface area (Å²) in [5.41, 5.74) is 1.31. The van der Waals surface area contributed by atoms with E-state index >= 15 is 0 Å². The Morgan fingerprint density at radius 3 is 2.80 bits per heavy atom. The fourth-order valence-corrected chi connectivity index (χ4v) is 3.99. The summed E-state index contributed by atoms with van der Waals surface area (Å²) in [5.74, 6) is 0.464. The number of halogens is 2. The molecule has 1 N–H and O–H groups in total. The molecular weight excluding hydrogens is 354 g/mol. The van der Waals surface area contributed by atoms with Crippen LogP contribution in [0.3, 0.4) is 0 Å². The minimum absolute atomic E-state index is 0.464. The van der Waals surface area contributed by atoms with Crippen molar-refractivity contribution in [3.63, 3.8) is 0 Å². The first kappa shape index (κ1) is 16.0. The summed E-state index contributed by atoms with van der Waals surface area (Å²) in [5, 5.41) is 4.35. The summed E-state index contributed by atoms with van der Waals surface area (Å²) in [6, 6.07) is 12.5. The number of nitrogens with one attached hydrogen (secondary N) is 1. The Kier molecular flexibility index (Phi) is 6.56. The zero-order valence-electron chi connectivity index (χ0n) is 11.5. The maximum absolute atomic E-state index is 6.13. The van der Waals surface area contributed by atoms with E-state index in [0.717, 1.165) is 31.0 Å². The molecule has 0 aliphatic heterocycles. The van der Waals surface area contributed by atoms with Gasteiger partial charge in [0.15, 0.2) is 0 Å². The number of benzene rings is 1. The van der Waals surface area contributed by atoms with Crippen LogP contribution in [0, 0.1) is 0 Å². The lowest BCUT2D eigenvalue weighted by Crippen LogP contribution is -2.23. The monoisotopic (exact) mass is 371 g/mol. The summed E-state index contributed by atoms with van der Waals surface area (Å²) in [6.45, 7) is 4.24. The van der Waals surface area contributed by atoms with Crippen LogP contribution < -0.4 is 5.32 Å². The topological polar surface area (TPSA) is 12.0 Å². The minimum Gasteiger partial charge on any atom is -0.316 e. The van der Waals surface area contributed by atoms with Gasteiger partial charge < -0.3 is 5.32 Å². The molecule has 1 atom stereocenters. The summed E-state index contributed by atoms with van der Waals surface area (Å²) < 4.78 is 1.19. The van der Waals surface area contributed by atoms with Crippen molar-refractivity contribution in [1.29, 1.82) is 0 Å². The Morgan fingerprint density at radius 1 is 1.30 bits per heavy atom. The van der Waals surface area contributed by atoms with Crippen LogP contribution in [0.4, 0.5) is 0 Å². The second kappa shape index (κ2) is 8.18. The lowest BCUT2D eigenvalue weighted by molar-refractivity contribution is 0.579. The molecule has 0 bridgehead atoms. The van der Waals surface area contributed by atoms with Crippen LogP contribution in [-0.4, -0.2) is 13.1 Å². The Labute approximate surface area is 138 Å². The van der Waals surface area contributed by atoms with E-state index in [1.54, 1.807) is 0 Å². The molecule has 1 aromatic heterocycles. The third kappa shape index (κ3) is 4.88. The fourth-order valence-electron chi connectivity index (χ4n) is 2.23. The van der Waals surface area contributed by atoms with E-state index in [-0.39, 0.29) is 0 Å². The molecule has 0 saturated heterocycles. The van der Waals surface area contributed by atoms with Crippen molar-refractivity contribution >= 4 is 38.9 Å². The van der Waals surface area contributed by atoms with Gasteiger partial charge in [-0.2, -0.15) is 0 Å². The third-order valence-electron chi connectivity index (χ3n) is 3.21. The van der Waals surface area contributed by atoms with Crippen molar-refractivity contribution in [3.8, 4) is 0 Å². The SMILES string of the molecule is CCCNCC(Cc1ccc(Br)s1)c1cccc(Cl)c1.